The normalized spacial score (nSPS) is 14.1. The third kappa shape index (κ3) is 3.32. The zero-order valence-corrected chi connectivity index (χ0v) is 18.0. The van der Waals surface area contributed by atoms with E-state index in [2.05, 4.69) is 5.10 Å². The zero-order chi connectivity index (χ0) is 22.3. The van der Waals surface area contributed by atoms with E-state index in [1.165, 1.54) is 9.58 Å². The van der Waals surface area contributed by atoms with Gasteiger partial charge in [0.2, 0.25) is 0 Å². The summed E-state index contributed by atoms with van der Waals surface area (Å²) in [5.74, 6) is -1.28. The van der Waals surface area contributed by atoms with Crippen molar-refractivity contribution in [3.8, 4) is 11.6 Å². The van der Waals surface area contributed by atoms with Crippen LogP contribution in [-0.4, -0.2) is 33.0 Å². The quantitative estimate of drug-likeness (QED) is 0.472. The lowest BCUT2D eigenvalue weighted by atomic mass is 10.0. The van der Waals surface area contributed by atoms with E-state index in [1.807, 2.05) is 51.2 Å². The Hall–Kier alpha value is -3.74. The van der Waals surface area contributed by atoms with E-state index < -0.39 is 17.7 Å². The summed E-state index contributed by atoms with van der Waals surface area (Å²) in [5.41, 5.74) is 3.52. The minimum absolute atomic E-state index is 0.108. The molecule has 7 nitrogen and oxygen atoms in total. The van der Waals surface area contributed by atoms with Gasteiger partial charge in [0, 0.05) is 23.7 Å². The Balaban J connectivity index is 1.98. The van der Waals surface area contributed by atoms with E-state index >= 15 is 0 Å². The van der Waals surface area contributed by atoms with Crippen molar-refractivity contribution >= 4 is 23.1 Å². The molecule has 2 amide bonds. The first-order chi connectivity index (χ1) is 14.8. The molecule has 0 N–H and O–H groups in total. The van der Waals surface area contributed by atoms with E-state index in [1.54, 1.807) is 29.8 Å². The first-order valence-electron chi connectivity index (χ1n) is 10.3. The zero-order valence-electron chi connectivity index (χ0n) is 18.0. The maximum Gasteiger partial charge on any atom is 0.326 e. The minimum Gasteiger partial charge on any atom is -0.858 e. The molecule has 7 heteroatoms. The molecule has 0 spiro atoms. The SMILES string of the molecule is CCCN1C(=O)C(c2c(C)nn(-c3ccccc3)c2[O-])=C([n+]2ccc(C)c(C)c2)C1=O. The number of carbonyl (C=O) groups is 2. The highest BCUT2D eigenvalue weighted by Crippen LogP contribution is 2.36. The van der Waals surface area contributed by atoms with E-state index in [-0.39, 0.29) is 23.4 Å². The lowest BCUT2D eigenvalue weighted by molar-refractivity contribution is -0.577. The number of carbonyl (C=O) groups excluding carboxylic acids is 2. The van der Waals surface area contributed by atoms with Crippen LogP contribution >= 0.6 is 0 Å². The summed E-state index contributed by atoms with van der Waals surface area (Å²) in [4.78, 5) is 27.8. The highest BCUT2D eigenvalue weighted by atomic mass is 16.3. The van der Waals surface area contributed by atoms with Gasteiger partial charge in [-0.25, -0.2) is 4.68 Å². The van der Waals surface area contributed by atoms with Crippen LogP contribution in [0.5, 0.6) is 5.88 Å². The first-order valence-corrected chi connectivity index (χ1v) is 10.3. The van der Waals surface area contributed by atoms with Crippen molar-refractivity contribution in [2.24, 2.45) is 0 Å². The number of hydrogen-bond donors (Lipinski definition) is 0. The van der Waals surface area contributed by atoms with E-state index in [0.29, 0.717) is 17.8 Å². The maximum absolute atomic E-state index is 13.4. The molecule has 4 rings (SSSR count). The second-order valence-corrected chi connectivity index (χ2v) is 7.72. The van der Waals surface area contributed by atoms with E-state index in [0.717, 1.165) is 11.1 Å². The smallest absolute Gasteiger partial charge is 0.326 e. The van der Waals surface area contributed by atoms with E-state index in [9.17, 15) is 14.7 Å². The van der Waals surface area contributed by atoms with Gasteiger partial charge in [0.05, 0.1) is 11.4 Å². The highest BCUT2D eigenvalue weighted by Gasteiger charge is 2.46. The van der Waals surface area contributed by atoms with Crippen LogP contribution in [0.2, 0.25) is 0 Å². The van der Waals surface area contributed by atoms with Crippen LogP contribution < -0.4 is 9.67 Å². The lowest BCUT2D eigenvalue weighted by Crippen LogP contribution is -2.40. The number of amides is 2. The van der Waals surface area contributed by atoms with Crippen LogP contribution in [0.15, 0.2) is 48.8 Å². The van der Waals surface area contributed by atoms with Gasteiger partial charge >= 0.3 is 5.91 Å². The molecule has 3 aromatic rings. The molecule has 0 atom stereocenters. The van der Waals surface area contributed by atoms with Crippen molar-refractivity contribution in [1.82, 2.24) is 14.7 Å². The number of aryl methyl sites for hydroxylation is 3. The Bertz CT molecular complexity index is 1230. The molecule has 31 heavy (non-hydrogen) atoms. The molecule has 2 aromatic heterocycles. The summed E-state index contributed by atoms with van der Waals surface area (Å²) >= 11 is 0. The Morgan fingerprint density at radius 3 is 2.35 bits per heavy atom. The van der Waals surface area contributed by atoms with Crippen LogP contribution in [0.25, 0.3) is 17.0 Å². The number of imide groups is 1. The van der Waals surface area contributed by atoms with Gasteiger partial charge < -0.3 is 5.11 Å². The third-order valence-electron chi connectivity index (χ3n) is 5.56. The van der Waals surface area contributed by atoms with Crippen LogP contribution in [0, 0.1) is 20.8 Å². The van der Waals surface area contributed by atoms with Gasteiger partial charge in [-0.05, 0) is 50.8 Å². The van der Waals surface area contributed by atoms with Gasteiger partial charge in [-0.15, -0.1) is 0 Å². The second kappa shape index (κ2) is 7.83. The Labute approximate surface area is 180 Å². The standard InChI is InChI=1S/C24H24N4O3/c1-5-12-27-22(29)20(21(24(27)31)26-13-11-15(2)16(3)14-26)19-17(4)25-28(23(19)30)18-9-7-6-8-10-18/h6-11,13-14H,5,12H2,1-4H3. The maximum atomic E-state index is 13.4. The molecule has 0 radical (unpaired) electrons. The second-order valence-electron chi connectivity index (χ2n) is 7.72. The summed E-state index contributed by atoms with van der Waals surface area (Å²) in [6, 6.07) is 10.9. The summed E-state index contributed by atoms with van der Waals surface area (Å²) in [5, 5.41) is 17.8. The molecule has 0 bridgehead atoms. The summed E-state index contributed by atoms with van der Waals surface area (Å²) < 4.78 is 2.92. The average molecular weight is 416 g/mol. The number of rotatable bonds is 5. The Morgan fingerprint density at radius 1 is 1.00 bits per heavy atom. The van der Waals surface area contributed by atoms with Crippen molar-refractivity contribution in [2.45, 2.75) is 34.1 Å². The molecule has 158 valence electrons. The molecule has 1 aliphatic rings. The fourth-order valence-electron chi connectivity index (χ4n) is 3.81. The van der Waals surface area contributed by atoms with E-state index in [4.69, 9.17) is 0 Å². The number of benzene rings is 1. The molecule has 0 unspecified atom stereocenters. The van der Waals surface area contributed by atoms with Crippen LogP contribution in [-0.2, 0) is 9.59 Å². The molecule has 0 fully saturated rings. The van der Waals surface area contributed by atoms with Crippen LogP contribution in [0.1, 0.15) is 35.7 Å². The van der Waals surface area contributed by atoms with Crippen molar-refractivity contribution in [1.29, 1.82) is 0 Å². The summed E-state index contributed by atoms with van der Waals surface area (Å²) in [6.45, 7) is 7.79. The summed E-state index contributed by atoms with van der Waals surface area (Å²) in [6.07, 6.45) is 4.19. The molecular weight excluding hydrogens is 392 g/mol. The predicted molar refractivity (Wildman–Crippen MR) is 114 cm³/mol. The molecule has 0 saturated carbocycles. The van der Waals surface area contributed by atoms with Gasteiger partial charge in [-0.2, -0.15) is 9.67 Å². The lowest BCUT2D eigenvalue weighted by Gasteiger charge is -2.14. The largest absolute Gasteiger partial charge is 0.858 e. The molecule has 1 aromatic carbocycles. The van der Waals surface area contributed by atoms with Crippen molar-refractivity contribution in [2.75, 3.05) is 6.54 Å². The number of aromatic nitrogens is 3. The monoisotopic (exact) mass is 416 g/mol. The van der Waals surface area contributed by atoms with Crippen LogP contribution in [0.3, 0.4) is 0 Å². The van der Waals surface area contributed by atoms with Gasteiger partial charge in [-0.3, -0.25) is 14.5 Å². The highest BCUT2D eigenvalue weighted by molar-refractivity contribution is 6.44. The Kier molecular flexibility index (Phi) is 5.19. The van der Waals surface area contributed by atoms with Gasteiger partial charge in [0.15, 0.2) is 12.4 Å². The van der Waals surface area contributed by atoms with Crippen LogP contribution in [0.4, 0.5) is 0 Å². The molecule has 3 heterocycles. The molecule has 1 aliphatic heterocycles. The minimum atomic E-state index is -0.458. The van der Waals surface area contributed by atoms with Crippen molar-refractivity contribution in [3.63, 3.8) is 0 Å². The predicted octanol–water partition coefficient (Wildman–Crippen LogP) is 2.31. The fourth-order valence-corrected chi connectivity index (χ4v) is 3.81. The summed E-state index contributed by atoms with van der Waals surface area (Å²) in [7, 11) is 0. The van der Waals surface area contributed by atoms with Crippen molar-refractivity contribution < 1.29 is 19.3 Å². The van der Waals surface area contributed by atoms with Gasteiger partial charge in [-0.1, -0.05) is 25.1 Å². The molecule has 0 aliphatic carbocycles. The molecule has 0 saturated heterocycles. The fraction of sp³-hybridized carbons (Fsp3) is 0.250. The van der Waals surface area contributed by atoms with Gasteiger partial charge in [0.25, 0.3) is 11.6 Å². The first kappa shape index (κ1) is 20.5. The Morgan fingerprint density at radius 2 is 1.71 bits per heavy atom. The number of hydrogen-bond acceptors (Lipinski definition) is 4. The van der Waals surface area contributed by atoms with Crippen molar-refractivity contribution in [3.05, 3.63) is 71.2 Å². The number of pyridine rings is 1. The number of para-hydroxylation sites is 1. The topological polar surface area (TPSA) is 82.1 Å². The van der Waals surface area contributed by atoms with Gasteiger partial charge in [0.1, 0.15) is 5.57 Å². The molecular formula is C24H24N4O3. The average Bonchev–Trinajstić information content (AvgIpc) is 3.18. The third-order valence-corrected chi connectivity index (χ3v) is 5.56. The number of nitrogens with zero attached hydrogens (tertiary/aromatic N) is 4.